The zero-order valence-corrected chi connectivity index (χ0v) is 15.1. The molecule has 1 aromatic heterocycles. The van der Waals surface area contributed by atoms with Crippen LogP contribution in [0.2, 0.25) is 0 Å². The highest BCUT2D eigenvalue weighted by Crippen LogP contribution is 2.09. The Morgan fingerprint density at radius 3 is 2.69 bits per heavy atom. The van der Waals surface area contributed by atoms with E-state index in [1.165, 1.54) is 11.8 Å². The van der Waals surface area contributed by atoms with Gasteiger partial charge in [0.15, 0.2) is 0 Å². The highest BCUT2D eigenvalue weighted by Gasteiger charge is 2.12. The van der Waals surface area contributed by atoms with Crippen LogP contribution in [0.5, 0.6) is 0 Å². The molecule has 0 saturated carbocycles. The number of carbonyl (C=O) groups excluding carboxylic acids is 1. The molecule has 3 aromatic rings. The quantitative estimate of drug-likeness (QED) is 0.719. The number of carbonyl (C=O) groups is 1. The summed E-state index contributed by atoms with van der Waals surface area (Å²) in [5.41, 5.74) is 2.81. The van der Waals surface area contributed by atoms with Crippen molar-refractivity contribution in [2.75, 3.05) is 13.6 Å². The summed E-state index contributed by atoms with van der Waals surface area (Å²) in [6.07, 6.45) is 1.48. The van der Waals surface area contributed by atoms with E-state index in [-0.39, 0.29) is 16.9 Å². The Kier molecular flexibility index (Phi) is 5.49. The molecule has 134 valence electrons. The highest BCUT2D eigenvalue weighted by atomic mass is 16.2. The monoisotopic (exact) mass is 349 g/mol. The lowest BCUT2D eigenvalue weighted by atomic mass is 10.1. The van der Waals surface area contributed by atoms with E-state index in [9.17, 15) is 9.59 Å². The van der Waals surface area contributed by atoms with Crippen molar-refractivity contribution in [3.05, 3.63) is 81.6 Å². The Labute approximate surface area is 152 Å². The molecule has 0 aliphatic rings. The number of benzene rings is 2. The van der Waals surface area contributed by atoms with Crippen LogP contribution < -0.4 is 10.7 Å². The van der Waals surface area contributed by atoms with Crippen molar-refractivity contribution in [2.45, 2.75) is 20.0 Å². The average molecular weight is 349 g/mol. The van der Waals surface area contributed by atoms with Gasteiger partial charge in [-0.3, -0.25) is 9.59 Å². The first-order chi connectivity index (χ1) is 12.6. The first-order valence-corrected chi connectivity index (χ1v) is 8.73. The van der Waals surface area contributed by atoms with Crippen molar-refractivity contribution in [3.8, 4) is 0 Å². The first kappa shape index (κ1) is 17.9. The van der Waals surface area contributed by atoms with Gasteiger partial charge >= 0.3 is 0 Å². The summed E-state index contributed by atoms with van der Waals surface area (Å²) >= 11 is 0. The Morgan fingerprint density at radius 2 is 1.88 bits per heavy atom. The smallest absolute Gasteiger partial charge is 0.257 e. The lowest BCUT2D eigenvalue weighted by Crippen LogP contribution is -2.28. The van der Waals surface area contributed by atoms with Gasteiger partial charge in [-0.15, -0.1) is 0 Å². The Bertz CT molecular complexity index is 978. The molecule has 2 N–H and O–H groups in total. The Morgan fingerprint density at radius 1 is 1.12 bits per heavy atom. The second kappa shape index (κ2) is 7.97. The minimum absolute atomic E-state index is 0.130. The zero-order chi connectivity index (χ0) is 18.5. The van der Waals surface area contributed by atoms with Crippen LogP contribution in [-0.2, 0) is 13.1 Å². The predicted molar refractivity (Wildman–Crippen MR) is 104 cm³/mol. The lowest BCUT2D eigenvalue weighted by molar-refractivity contribution is 0.0949. The van der Waals surface area contributed by atoms with Gasteiger partial charge in [-0.25, -0.2) is 0 Å². The summed E-state index contributed by atoms with van der Waals surface area (Å²) in [7, 11) is 2.07. The molecular formula is C21H23N3O2. The van der Waals surface area contributed by atoms with Crippen LogP contribution in [0.1, 0.15) is 28.4 Å². The SMILES string of the molecule is CCN(C)Cc1cccc(CNC(=O)c2c[nH]c3ccccc3c2=O)c1. The molecule has 2 aromatic carbocycles. The van der Waals surface area contributed by atoms with Crippen molar-refractivity contribution >= 4 is 16.8 Å². The van der Waals surface area contributed by atoms with Gasteiger partial charge in [0, 0.05) is 30.2 Å². The van der Waals surface area contributed by atoms with E-state index in [0.29, 0.717) is 11.9 Å². The van der Waals surface area contributed by atoms with Crippen molar-refractivity contribution in [2.24, 2.45) is 0 Å². The van der Waals surface area contributed by atoms with Crippen LogP contribution in [0.15, 0.2) is 59.5 Å². The van der Waals surface area contributed by atoms with E-state index in [0.717, 1.165) is 24.2 Å². The molecule has 0 aliphatic heterocycles. The summed E-state index contributed by atoms with van der Waals surface area (Å²) in [6.45, 7) is 4.34. The van der Waals surface area contributed by atoms with Gasteiger partial charge in [0.05, 0.1) is 0 Å². The summed E-state index contributed by atoms with van der Waals surface area (Å²) in [6, 6.07) is 15.3. The molecular weight excluding hydrogens is 326 g/mol. The van der Waals surface area contributed by atoms with E-state index < -0.39 is 0 Å². The lowest BCUT2D eigenvalue weighted by Gasteiger charge is -2.14. The molecule has 1 amide bonds. The molecule has 1 heterocycles. The van der Waals surface area contributed by atoms with Gasteiger partial charge in [-0.1, -0.05) is 43.3 Å². The number of H-pyrrole nitrogens is 1. The maximum atomic E-state index is 12.5. The summed E-state index contributed by atoms with van der Waals surface area (Å²) in [5, 5.41) is 3.36. The molecule has 0 saturated heterocycles. The molecule has 0 radical (unpaired) electrons. The van der Waals surface area contributed by atoms with Gasteiger partial charge < -0.3 is 15.2 Å². The van der Waals surface area contributed by atoms with Crippen LogP contribution in [-0.4, -0.2) is 29.4 Å². The second-order valence-corrected chi connectivity index (χ2v) is 6.41. The van der Waals surface area contributed by atoms with Gasteiger partial charge in [0.25, 0.3) is 5.91 Å². The number of nitrogens with zero attached hydrogens (tertiary/aromatic N) is 1. The molecule has 0 unspecified atom stereocenters. The predicted octanol–water partition coefficient (Wildman–Crippen LogP) is 2.91. The Hall–Kier alpha value is -2.92. The minimum Gasteiger partial charge on any atom is -0.360 e. The first-order valence-electron chi connectivity index (χ1n) is 8.73. The number of hydrogen-bond donors (Lipinski definition) is 2. The minimum atomic E-state index is -0.368. The van der Waals surface area contributed by atoms with Gasteiger partial charge in [0.1, 0.15) is 5.56 Å². The number of aromatic nitrogens is 1. The maximum Gasteiger partial charge on any atom is 0.257 e. The Balaban J connectivity index is 1.72. The van der Waals surface area contributed by atoms with E-state index in [4.69, 9.17) is 0 Å². The van der Waals surface area contributed by atoms with E-state index in [2.05, 4.69) is 41.3 Å². The second-order valence-electron chi connectivity index (χ2n) is 6.41. The van der Waals surface area contributed by atoms with Crippen molar-refractivity contribution in [1.82, 2.24) is 15.2 Å². The van der Waals surface area contributed by atoms with E-state index >= 15 is 0 Å². The van der Waals surface area contributed by atoms with Crippen LogP contribution in [0, 0.1) is 0 Å². The maximum absolute atomic E-state index is 12.5. The number of aromatic amines is 1. The summed E-state index contributed by atoms with van der Waals surface area (Å²) in [4.78, 5) is 30.2. The summed E-state index contributed by atoms with van der Waals surface area (Å²) < 4.78 is 0. The molecule has 26 heavy (non-hydrogen) atoms. The zero-order valence-electron chi connectivity index (χ0n) is 15.1. The van der Waals surface area contributed by atoms with Gasteiger partial charge in [-0.05, 0) is 36.9 Å². The molecule has 0 atom stereocenters. The number of rotatable bonds is 6. The van der Waals surface area contributed by atoms with Crippen molar-refractivity contribution in [3.63, 3.8) is 0 Å². The van der Waals surface area contributed by atoms with Crippen molar-refractivity contribution < 1.29 is 4.79 Å². The van der Waals surface area contributed by atoms with Crippen LogP contribution in [0.3, 0.4) is 0 Å². The van der Waals surface area contributed by atoms with Crippen LogP contribution >= 0.6 is 0 Å². The average Bonchev–Trinajstić information content (AvgIpc) is 2.67. The van der Waals surface area contributed by atoms with E-state index in [1.807, 2.05) is 24.3 Å². The highest BCUT2D eigenvalue weighted by molar-refractivity contribution is 5.97. The number of hydrogen-bond acceptors (Lipinski definition) is 3. The fourth-order valence-electron chi connectivity index (χ4n) is 2.88. The van der Waals surface area contributed by atoms with Gasteiger partial charge in [-0.2, -0.15) is 0 Å². The summed E-state index contributed by atoms with van der Waals surface area (Å²) in [5.74, 6) is -0.368. The largest absolute Gasteiger partial charge is 0.360 e. The molecule has 0 aliphatic carbocycles. The fraction of sp³-hybridized carbons (Fsp3) is 0.238. The number of para-hydroxylation sites is 1. The molecule has 0 fully saturated rings. The molecule has 5 heteroatoms. The third-order valence-corrected chi connectivity index (χ3v) is 4.47. The fourth-order valence-corrected chi connectivity index (χ4v) is 2.88. The number of nitrogens with one attached hydrogen (secondary N) is 2. The molecule has 5 nitrogen and oxygen atoms in total. The number of amides is 1. The third kappa shape index (κ3) is 4.00. The molecule has 0 bridgehead atoms. The van der Waals surface area contributed by atoms with Crippen LogP contribution in [0.4, 0.5) is 0 Å². The van der Waals surface area contributed by atoms with Gasteiger partial charge in [0.2, 0.25) is 5.43 Å². The third-order valence-electron chi connectivity index (χ3n) is 4.47. The number of pyridine rings is 1. The molecule has 3 rings (SSSR count). The van der Waals surface area contributed by atoms with Crippen molar-refractivity contribution in [1.29, 1.82) is 0 Å². The molecule has 0 spiro atoms. The topological polar surface area (TPSA) is 65.2 Å². The standard InChI is InChI=1S/C21H23N3O2/c1-3-24(2)14-16-8-6-7-15(11-16)12-23-21(26)18-13-22-19-10-5-4-9-17(19)20(18)25/h4-11,13H,3,12,14H2,1-2H3,(H,22,25)(H,23,26). The normalized spacial score (nSPS) is 11.0. The van der Waals surface area contributed by atoms with Crippen LogP contribution in [0.25, 0.3) is 10.9 Å². The number of fused-ring (bicyclic) bond motifs is 1. The van der Waals surface area contributed by atoms with E-state index in [1.54, 1.807) is 12.1 Å².